The van der Waals surface area contributed by atoms with E-state index in [1.54, 1.807) is 12.3 Å². The molecule has 0 spiro atoms. The van der Waals surface area contributed by atoms with Gasteiger partial charge in [0.1, 0.15) is 0 Å². The van der Waals surface area contributed by atoms with Gasteiger partial charge in [-0.1, -0.05) is 6.08 Å². The molecular weight excluding hydrogens is 160 g/mol. The van der Waals surface area contributed by atoms with Crippen LogP contribution in [0.1, 0.15) is 12.8 Å². The molecule has 0 aliphatic heterocycles. The quantitative estimate of drug-likeness (QED) is 0.608. The highest BCUT2D eigenvalue weighted by atomic mass is 32.2. The third-order valence-corrected chi connectivity index (χ3v) is 2.84. The summed E-state index contributed by atoms with van der Waals surface area (Å²) in [6.45, 7) is 0. The fourth-order valence-corrected chi connectivity index (χ4v) is 1.81. The second kappa shape index (κ2) is 2.74. The highest BCUT2D eigenvalue weighted by molar-refractivity contribution is 8.03. The third kappa shape index (κ3) is 2.12. The van der Waals surface area contributed by atoms with Gasteiger partial charge in [-0.25, -0.2) is 0 Å². The molecule has 11 heavy (non-hydrogen) atoms. The molecule has 62 valence electrons. The SMILES string of the molecule is C=S(C)(=O)C1=CCCC(O)=C1. The molecule has 1 atom stereocenters. The number of rotatable bonds is 1. The number of aliphatic hydroxyl groups is 1. The van der Waals surface area contributed by atoms with Crippen molar-refractivity contribution >= 4 is 15.4 Å². The van der Waals surface area contributed by atoms with Crippen LogP contribution in [0.3, 0.4) is 0 Å². The maximum atomic E-state index is 11.4. The molecule has 0 fully saturated rings. The van der Waals surface area contributed by atoms with E-state index >= 15 is 0 Å². The van der Waals surface area contributed by atoms with Gasteiger partial charge in [-0.3, -0.25) is 4.21 Å². The van der Waals surface area contributed by atoms with Crippen LogP contribution in [0.4, 0.5) is 0 Å². The van der Waals surface area contributed by atoms with Crippen molar-refractivity contribution in [1.82, 2.24) is 0 Å². The first-order valence-corrected chi connectivity index (χ1v) is 5.55. The predicted molar refractivity (Wildman–Crippen MR) is 49.2 cm³/mol. The second-order valence-corrected chi connectivity index (χ2v) is 5.27. The van der Waals surface area contributed by atoms with Crippen LogP contribution in [0.2, 0.25) is 0 Å². The molecule has 0 saturated carbocycles. The Balaban J connectivity index is 3.01. The summed E-state index contributed by atoms with van der Waals surface area (Å²) in [5, 5.41) is 9.11. The number of hydrogen-bond acceptors (Lipinski definition) is 2. The Kier molecular flexibility index (Phi) is 2.09. The lowest BCUT2D eigenvalue weighted by molar-refractivity contribution is 0.387. The van der Waals surface area contributed by atoms with Gasteiger partial charge in [-0.05, 0) is 27.9 Å². The third-order valence-electron chi connectivity index (χ3n) is 1.55. The number of aliphatic hydroxyl groups excluding tert-OH is 1. The van der Waals surface area contributed by atoms with E-state index in [-0.39, 0.29) is 0 Å². The van der Waals surface area contributed by atoms with E-state index in [1.807, 2.05) is 6.08 Å². The molecule has 1 aliphatic rings. The minimum Gasteiger partial charge on any atom is -0.512 e. The van der Waals surface area contributed by atoms with Gasteiger partial charge in [0.25, 0.3) is 0 Å². The van der Waals surface area contributed by atoms with Crippen molar-refractivity contribution < 1.29 is 9.32 Å². The Hall–Kier alpha value is -0.700. The lowest BCUT2D eigenvalue weighted by atomic mass is 10.2. The predicted octanol–water partition coefficient (Wildman–Crippen LogP) is 1.45. The molecule has 3 heteroatoms. The van der Waals surface area contributed by atoms with Crippen molar-refractivity contribution in [2.75, 3.05) is 6.26 Å². The molecule has 0 radical (unpaired) electrons. The van der Waals surface area contributed by atoms with Crippen LogP contribution in [0.5, 0.6) is 0 Å². The van der Waals surface area contributed by atoms with Gasteiger partial charge in [-0.2, -0.15) is 0 Å². The summed E-state index contributed by atoms with van der Waals surface area (Å²) in [6.07, 6.45) is 6.42. The molecule has 0 aromatic heterocycles. The molecular formula is C8H12O2S. The van der Waals surface area contributed by atoms with E-state index in [9.17, 15) is 4.21 Å². The summed E-state index contributed by atoms with van der Waals surface area (Å²) < 4.78 is 11.4. The molecule has 0 aromatic rings. The van der Waals surface area contributed by atoms with Crippen LogP contribution in [0, 0.1) is 0 Å². The Labute approximate surface area is 67.2 Å². The number of allylic oxidation sites excluding steroid dienone is 3. The zero-order valence-electron chi connectivity index (χ0n) is 6.54. The normalized spacial score (nSPS) is 23.4. The summed E-state index contributed by atoms with van der Waals surface area (Å²) >= 11 is 0. The Bertz CT molecular complexity index is 307. The maximum Gasteiger partial charge on any atom is 0.0937 e. The van der Waals surface area contributed by atoms with Crippen LogP contribution in [-0.2, 0) is 9.52 Å². The molecule has 0 aromatic carbocycles. The van der Waals surface area contributed by atoms with Gasteiger partial charge in [0.15, 0.2) is 0 Å². The monoisotopic (exact) mass is 172 g/mol. The van der Waals surface area contributed by atoms with E-state index in [0.717, 1.165) is 6.42 Å². The minimum absolute atomic E-state index is 0.306. The first-order valence-electron chi connectivity index (χ1n) is 3.42. The topological polar surface area (TPSA) is 37.3 Å². The highest BCUT2D eigenvalue weighted by Gasteiger charge is 2.08. The molecule has 2 nitrogen and oxygen atoms in total. The summed E-state index contributed by atoms with van der Waals surface area (Å²) in [5.41, 5.74) is 0. The summed E-state index contributed by atoms with van der Waals surface area (Å²) in [4.78, 5) is 0.668. The molecule has 0 heterocycles. The summed E-state index contributed by atoms with van der Waals surface area (Å²) in [6, 6.07) is 0. The van der Waals surface area contributed by atoms with Gasteiger partial charge < -0.3 is 5.11 Å². The molecule has 0 amide bonds. The van der Waals surface area contributed by atoms with Crippen LogP contribution in [0.25, 0.3) is 0 Å². The molecule has 1 rings (SSSR count). The molecule has 0 saturated heterocycles. The van der Waals surface area contributed by atoms with Gasteiger partial charge in [-0.15, -0.1) is 0 Å². The van der Waals surface area contributed by atoms with Crippen molar-refractivity contribution in [3.05, 3.63) is 22.8 Å². The molecule has 1 unspecified atom stereocenters. The number of hydrogen-bond donors (Lipinski definition) is 1. The van der Waals surface area contributed by atoms with Crippen LogP contribution in [-0.4, -0.2) is 21.4 Å². The van der Waals surface area contributed by atoms with E-state index in [1.165, 1.54) is 0 Å². The largest absolute Gasteiger partial charge is 0.512 e. The molecule has 1 N–H and O–H groups in total. The van der Waals surface area contributed by atoms with Crippen LogP contribution >= 0.6 is 0 Å². The van der Waals surface area contributed by atoms with Gasteiger partial charge in [0.2, 0.25) is 0 Å². The van der Waals surface area contributed by atoms with E-state index in [2.05, 4.69) is 5.87 Å². The van der Waals surface area contributed by atoms with Crippen molar-refractivity contribution in [3.8, 4) is 0 Å². The maximum absolute atomic E-state index is 11.4. The van der Waals surface area contributed by atoms with Crippen LogP contribution < -0.4 is 0 Å². The van der Waals surface area contributed by atoms with Gasteiger partial charge in [0.05, 0.1) is 5.76 Å². The van der Waals surface area contributed by atoms with E-state index in [0.29, 0.717) is 17.1 Å². The summed E-state index contributed by atoms with van der Waals surface area (Å²) in [7, 11) is -2.13. The fourth-order valence-electron chi connectivity index (χ4n) is 0.959. The van der Waals surface area contributed by atoms with Crippen LogP contribution in [0.15, 0.2) is 22.8 Å². The Morgan fingerprint density at radius 3 is 2.73 bits per heavy atom. The van der Waals surface area contributed by atoms with Gasteiger partial charge in [0, 0.05) is 17.6 Å². The minimum atomic E-state index is -2.13. The fraction of sp³-hybridized carbons (Fsp3) is 0.375. The summed E-state index contributed by atoms with van der Waals surface area (Å²) in [5.74, 6) is 3.84. The highest BCUT2D eigenvalue weighted by Crippen LogP contribution is 2.18. The lowest BCUT2D eigenvalue weighted by Crippen LogP contribution is -2.02. The smallest absolute Gasteiger partial charge is 0.0937 e. The zero-order valence-corrected chi connectivity index (χ0v) is 7.36. The van der Waals surface area contributed by atoms with Crippen molar-refractivity contribution in [1.29, 1.82) is 0 Å². The first kappa shape index (κ1) is 8.40. The second-order valence-electron chi connectivity index (χ2n) is 2.79. The Morgan fingerprint density at radius 1 is 1.73 bits per heavy atom. The lowest BCUT2D eigenvalue weighted by Gasteiger charge is -2.09. The van der Waals surface area contributed by atoms with E-state index < -0.39 is 9.52 Å². The average molecular weight is 172 g/mol. The van der Waals surface area contributed by atoms with Crippen molar-refractivity contribution in [2.24, 2.45) is 0 Å². The first-order chi connectivity index (χ1) is 5.00. The van der Waals surface area contributed by atoms with E-state index in [4.69, 9.17) is 5.11 Å². The average Bonchev–Trinajstić information content (AvgIpc) is 1.86. The molecule has 0 bridgehead atoms. The van der Waals surface area contributed by atoms with Gasteiger partial charge >= 0.3 is 0 Å². The Morgan fingerprint density at radius 2 is 2.36 bits per heavy atom. The zero-order chi connectivity index (χ0) is 8.48. The van der Waals surface area contributed by atoms with Crippen molar-refractivity contribution in [3.63, 3.8) is 0 Å². The molecule has 1 aliphatic carbocycles. The van der Waals surface area contributed by atoms with Crippen molar-refractivity contribution in [2.45, 2.75) is 12.8 Å². The standard InChI is InChI=1S/C8H12O2S/c1-11(2,10)8-5-3-4-7(9)6-8/h5-6,9H,1,3-4H2,2H3.